The third-order valence-corrected chi connectivity index (χ3v) is 7.24. The van der Waals surface area contributed by atoms with Crippen molar-refractivity contribution < 1.29 is 18.0 Å². The van der Waals surface area contributed by atoms with Crippen LogP contribution in [0.4, 0.5) is 11.4 Å². The van der Waals surface area contributed by atoms with Gasteiger partial charge in [0.1, 0.15) is 0 Å². The van der Waals surface area contributed by atoms with Gasteiger partial charge in [-0.25, -0.2) is 8.42 Å². The maximum atomic E-state index is 12.8. The SMILES string of the molecule is CC(=O)Nc1ccc(NC(=O)[C@H](C)N2CCN(S(=O)(=O)c3ccc(C)cc3)CC2)cc1. The van der Waals surface area contributed by atoms with E-state index in [9.17, 15) is 18.0 Å². The van der Waals surface area contributed by atoms with Crippen LogP contribution in [0.15, 0.2) is 53.4 Å². The molecular weight excluding hydrogens is 416 g/mol. The third kappa shape index (κ3) is 5.69. The van der Waals surface area contributed by atoms with Crippen molar-refractivity contribution in [3.8, 4) is 0 Å². The van der Waals surface area contributed by atoms with Gasteiger partial charge in [-0.1, -0.05) is 17.7 Å². The Kier molecular flexibility index (Phi) is 7.09. The number of rotatable bonds is 6. The first kappa shape index (κ1) is 22.9. The number of benzene rings is 2. The van der Waals surface area contributed by atoms with Crippen LogP contribution < -0.4 is 10.6 Å². The number of hydrogen-bond acceptors (Lipinski definition) is 5. The molecule has 3 rings (SSSR count). The van der Waals surface area contributed by atoms with Crippen molar-refractivity contribution in [2.75, 3.05) is 36.8 Å². The van der Waals surface area contributed by atoms with Crippen LogP contribution in [0.3, 0.4) is 0 Å². The Bertz CT molecular complexity index is 1030. The lowest BCUT2D eigenvalue weighted by Gasteiger charge is -2.36. The van der Waals surface area contributed by atoms with E-state index in [1.165, 1.54) is 11.2 Å². The fourth-order valence-corrected chi connectivity index (χ4v) is 4.87. The van der Waals surface area contributed by atoms with E-state index in [0.717, 1.165) is 5.56 Å². The van der Waals surface area contributed by atoms with Crippen LogP contribution in [0.25, 0.3) is 0 Å². The minimum absolute atomic E-state index is 0.158. The molecule has 166 valence electrons. The van der Waals surface area contributed by atoms with E-state index in [2.05, 4.69) is 10.6 Å². The first-order valence-corrected chi connectivity index (χ1v) is 11.6. The highest BCUT2D eigenvalue weighted by molar-refractivity contribution is 7.89. The van der Waals surface area contributed by atoms with Crippen molar-refractivity contribution in [1.29, 1.82) is 0 Å². The first-order chi connectivity index (χ1) is 14.7. The molecule has 0 aromatic heterocycles. The monoisotopic (exact) mass is 444 g/mol. The number of sulfonamides is 1. The maximum Gasteiger partial charge on any atom is 0.243 e. The summed E-state index contributed by atoms with van der Waals surface area (Å²) in [5.74, 6) is -0.323. The molecule has 2 aromatic carbocycles. The van der Waals surface area contributed by atoms with E-state index in [1.807, 2.05) is 18.7 Å². The second-order valence-electron chi connectivity index (χ2n) is 7.68. The van der Waals surface area contributed by atoms with E-state index in [-0.39, 0.29) is 11.8 Å². The van der Waals surface area contributed by atoms with E-state index < -0.39 is 16.1 Å². The molecule has 0 bridgehead atoms. The summed E-state index contributed by atoms with van der Waals surface area (Å²) in [4.78, 5) is 26.0. The van der Waals surface area contributed by atoms with Gasteiger partial charge in [0, 0.05) is 44.5 Å². The van der Waals surface area contributed by atoms with Crippen molar-refractivity contribution in [3.05, 3.63) is 54.1 Å². The number of aryl methyl sites for hydroxylation is 1. The summed E-state index contributed by atoms with van der Waals surface area (Å²) in [7, 11) is -3.53. The highest BCUT2D eigenvalue weighted by Crippen LogP contribution is 2.20. The van der Waals surface area contributed by atoms with Crippen molar-refractivity contribution >= 4 is 33.2 Å². The van der Waals surface area contributed by atoms with Crippen molar-refractivity contribution in [1.82, 2.24) is 9.21 Å². The summed E-state index contributed by atoms with van der Waals surface area (Å²) >= 11 is 0. The number of piperazine rings is 1. The molecule has 1 atom stereocenters. The Morgan fingerprint density at radius 1 is 0.871 bits per heavy atom. The van der Waals surface area contributed by atoms with Crippen LogP contribution in [-0.4, -0.2) is 61.7 Å². The van der Waals surface area contributed by atoms with Gasteiger partial charge < -0.3 is 10.6 Å². The van der Waals surface area contributed by atoms with Gasteiger partial charge >= 0.3 is 0 Å². The molecule has 0 unspecified atom stereocenters. The summed E-state index contributed by atoms with van der Waals surface area (Å²) < 4.78 is 27.2. The predicted molar refractivity (Wildman–Crippen MR) is 120 cm³/mol. The maximum absolute atomic E-state index is 12.8. The lowest BCUT2D eigenvalue weighted by atomic mass is 10.2. The number of anilines is 2. The smallest absolute Gasteiger partial charge is 0.243 e. The molecule has 1 saturated heterocycles. The summed E-state index contributed by atoms with van der Waals surface area (Å²) in [6, 6.07) is 13.3. The van der Waals surface area contributed by atoms with E-state index >= 15 is 0 Å². The molecule has 1 aliphatic heterocycles. The zero-order valence-corrected chi connectivity index (χ0v) is 18.8. The molecule has 2 aromatic rings. The Balaban J connectivity index is 1.55. The van der Waals surface area contributed by atoms with Crippen molar-refractivity contribution in [3.63, 3.8) is 0 Å². The molecule has 9 heteroatoms. The number of amides is 2. The van der Waals surface area contributed by atoms with Gasteiger partial charge in [-0.15, -0.1) is 0 Å². The Labute approximate surface area is 183 Å². The van der Waals surface area contributed by atoms with Gasteiger partial charge in [-0.05, 0) is 50.2 Å². The minimum Gasteiger partial charge on any atom is -0.326 e. The zero-order valence-electron chi connectivity index (χ0n) is 18.0. The molecule has 0 saturated carbocycles. The van der Waals surface area contributed by atoms with Gasteiger partial charge in [0.15, 0.2) is 0 Å². The minimum atomic E-state index is -3.53. The van der Waals surface area contributed by atoms with Crippen LogP contribution >= 0.6 is 0 Å². The average molecular weight is 445 g/mol. The second-order valence-corrected chi connectivity index (χ2v) is 9.61. The topological polar surface area (TPSA) is 98.8 Å². The quantitative estimate of drug-likeness (QED) is 0.712. The second kappa shape index (κ2) is 9.59. The third-order valence-electron chi connectivity index (χ3n) is 5.33. The van der Waals surface area contributed by atoms with Crippen molar-refractivity contribution in [2.45, 2.75) is 31.7 Å². The highest BCUT2D eigenvalue weighted by Gasteiger charge is 2.31. The highest BCUT2D eigenvalue weighted by atomic mass is 32.2. The Hall–Kier alpha value is -2.75. The molecule has 1 fully saturated rings. The van der Waals surface area contributed by atoms with E-state index in [1.54, 1.807) is 48.5 Å². The van der Waals surface area contributed by atoms with Crippen LogP contribution in [0.2, 0.25) is 0 Å². The van der Waals surface area contributed by atoms with Crippen LogP contribution in [-0.2, 0) is 19.6 Å². The zero-order chi connectivity index (χ0) is 22.6. The molecule has 0 aliphatic carbocycles. The summed E-state index contributed by atoms with van der Waals surface area (Å²) in [6.07, 6.45) is 0. The molecule has 2 N–H and O–H groups in total. The molecule has 2 amide bonds. The molecule has 0 spiro atoms. The average Bonchev–Trinajstić information content (AvgIpc) is 2.74. The summed E-state index contributed by atoms with van der Waals surface area (Å²) in [6.45, 7) is 6.77. The van der Waals surface area contributed by atoms with Gasteiger partial charge in [0.05, 0.1) is 10.9 Å². The molecule has 1 aliphatic rings. The molecule has 31 heavy (non-hydrogen) atoms. The fraction of sp³-hybridized carbons (Fsp3) is 0.364. The normalized spacial score (nSPS) is 16.5. The van der Waals surface area contributed by atoms with E-state index in [0.29, 0.717) is 42.4 Å². The summed E-state index contributed by atoms with van der Waals surface area (Å²) in [5, 5.41) is 5.54. The Morgan fingerprint density at radius 3 is 1.90 bits per heavy atom. The molecule has 0 radical (unpaired) electrons. The van der Waals surface area contributed by atoms with Gasteiger partial charge in [-0.2, -0.15) is 4.31 Å². The van der Waals surface area contributed by atoms with Crippen LogP contribution in [0, 0.1) is 6.92 Å². The standard InChI is InChI=1S/C22H28N4O4S/c1-16-4-10-21(11-5-16)31(29,30)26-14-12-25(13-15-26)17(2)22(28)24-20-8-6-19(7-9-20)23-18(3)27/h4-11,17H,12-15H2,1-3H3,(H,23,27)(H,24,28)/t17-/m0/s1. The molecular formula is C22H28N4O4S. The number of nitrogens with zero attached hydrogens (tertiary/aromatic N) is 2. The number of carbonyl (C=O) groups is 2. The number of nitrogens with one attached hydrogen (secondary N) is 2. The number of hydrogen-bond donors (Lipinski definition) is 2. The largest absolute Gasteiger partial charge is 0.326 e. The van der Waals surface area contributed by atoms with Crippen LogP contribution in [0.1, 0.15) is 19.4 Å². The predicted octanol–water partition coefficient (Wildman–Crippen LogP) is 2.29. The van der Waals surface area contributed by atoms with Crippen molar-refractivity contribution in [2.24, 2.45) is 0 Å². The molecule has 8 nitrogen and oxygen atoms in total. The lowest BCUT2D eigenvalue weighted by Crippen LogP contribution is -2.53. The number of carbonyl (C=O) groups excluding carboxylic acids is 2. The van der Waals surface area contributed by atoms with Gasteiger partial charge in [-0.3, -0.25) is 14.5 Å². The van der Waals surface area contributed by atoms with Gasteiger partial charge in [0.2, 0.25) is 21.8 Å². The van der Waals surface area contributed by atoms with Crippen LogP contribution in [0.5, 0.6) is 0 Å². The summed E-state index contributed by atoms with van der Waals surface area (Å²) in [5.41, 5.74) is 2.30. The first-order valence-electron chi connectivity index (χ1n) is 10.2. The van der Waals surface area contributed by atoms with Gasteiger partial charge in [0.25, 0.3) is 0 Å². The molecule has 1 heterocycles. The lowest BCUT2D eigenvalue weighted by molar-refractivity contribution is -0.121. The Morgan fingerprint density at radius 2 is 1.39 bits per heavy atom. The fourth-order valence-electron chi connectivity index (χ4n) is 3.44. The van der Waals surface area contributed by atoms with E-state index in [4.69, 9.17) is 0 Å².